The SMILES string of the molecule is NS(=O)(=O)c1cccc(N2CC(C(=O)N3CCC4CCC(C3)N4)CC2=O)c1. The van der Waals surface area contributed by atoms with Gasteiger partial charge in [0.25, 0.3) is 0 Å². The number of nitrogens with two attached hydrogens (primary N) is 1. The highest BCUT2D eigenvalue weighted by Crippen LogP contribution is 2.29. The minimum absolute atomic E-state index is 0.0165. The molecule has 2 amide bonds. The molecule has 3 heterocycles. The van der Waals surface area contributed by atoms with Crippen LogP contribution >= 0.6 is 0 Å². The van der Waals surface area contributed by atoms with E-state index in [0.717, 1.165) is 19.4 Å². The molecular formula is C18H24N4O4S. The zero-order valence-electron chi connectivity index (χ0n) is 15.0. The molecule has 0 aromatic heterocycles. The Balaban J connectivity index is 1.48. The molecule has 4 rings (SSSR count). The number of hydrogen-bond acceptors (Lipinski definition) is 5. The van der Waals surface area contributed by atoms with Crippen molar-refractivity contribution in [3.63, 3.8) is 0 Å². The molecule has 0 aliphatic carbocycles. The maximum absolute atomic E-state index is 13.0. The van der Waals surface area contributed by atoms with Gasteiger partial charge in [-0.05, 0) is 37.5 Å². The molecule has 146 valence electrons. The van der Waals surface area contributed by atoms with Crippen LogP contribution < -0.4 is 15.4 Å². The Morgan fingerprint density at radius 1 is 1.15 bits per heavy atom. The summed E-state index contributed by atoms with van der Waals surface area (Å²) in [5.74, 6) is -0.551. The number of amides is 2. The quantitative estimate of drug-likeness (QED) is 0.754. The normalized spacial score (nSPS) is 28.5. The van der Waals surface area contributed by atoms with Gasteiger partial charge in [-0.1, -0.05) is 6.07 Å². The molecule has 3 saturated heterocycles. The van der Waals surface area contributed by atoms with E-state index >= 15 is 0 Å². The van der Waals surface area contributed by atoms with E-state index in [1.54, 1.807) is 12.1 Å². The number of primary sulfonamides is 1. The molecule has 1 aromatic carbocycles. The van der Waals surface area contributed by atoms with Crippen molar-refractivity contribution in [2.24, 2.45) is 11.1 Å². The predicted octanol–water partition coefficient (Wildman–Crippen LogP) is 0.0398. The van der Waals surface area contributed by atoms with Crippen molar-refractivity contribution in [2.45, 2.75) is 42.7 Å². The highest BCUT2D eigenvalue weighted by molar-refractivity contribution is 7.89. The van der Waals surface area contributed by atoms with E-state index in [4.69, 9.17) is 5.14 Å². The third-order valence-corrected chi connectivity index (χ3v) is 6.68. The molecule has 27 heavy (non-hydrogen) atoms. The Morgan fingerprint density at radius 3 is 2.70 bits per heavy atom. The second-order valence-corrected chi connectivity index (χ2v) is 9.22. The molecule has 9 heteroatoms. The lowest BCUT2D eigenvalue weighted by Crippen LogP contribution is -2.42. The number of nitrogens with one attached hydrogen (secondary N) is 1. The second kappa shape index (κ2) is 6.88. The summed E-state index contributed by atoms with van der Waals surface area (Å²) in [6.07, 6.45) is 3.35. The summed E-state index contributed by atoms with van der Waals surface area (Å²) in [4.78, 5) is 28.8. The smallest absolute Gasteiger partial charge is 0.238 e. The van der Waals surface area contributed by atoms with Crippen LogP contribution in [0.5, 0.6) is 0 Å². The first-order chi connectivity index (χ1) is 12.8. The number of rotatable bonds is 3. The summed E-state index contributed by atoms with van der Waals surface area (Å²) in [7, 11) is -3.85. The van der Waals surface area contributed by atoms with Crippen LogP contribution in [-0.2, 0) is 19.6 Å². The maximum atomic E-state index is 13.0. The van der Waals surface area contributed by atoms with Gasteiger partial charge in [0, 0.05) is 43.8 Å². The van der Waals surface area contributed by atoms with Gasteiger partial charge in [0.1, 0.15) is 0 Å². The Labute approximate surface area is 158 Å². The highest BCUT2D eigenvalue weighted by Gasteiger charge is 2.39. The lowest BCUT2D eigenvalue weighted by atomic mass is 10.0. The maximum Gasteiger partial charge on any atom is 0.238 e. The molecule has 2 bridgehead atoms. The number of anilines is 1. The standard InChI is InChI=1S/C18H24N4O4S/c19-27(25,26)16-3-1-2-15(9-16)22-10-12(8-17(22)23)18(24)21-7-6-13-4-5-14(11-21)20-13/h1-3,9,12-14,20H,4-8,10-11H2,(H2,19,25,26). The number of carbonyl (C=O) groups excluding carboxylic acids is 2. The zero-order chi connectivity index (χ0) is 19.2. The molecule has 3 fully saturated rings. The van der Waals surface area contributed by atoms with Crippen LogP contribution in [0.1, 0.15) is 25.7 Å². The van der Waals surface area contributed by atoms with Crippen LogP contribution in [0.25, 0.3) is 0 Å². The summed E-state index contributed by atoms with van der Waals surface area (Å²) in [6.45, 7) is 1.68. The molecule has 3 aliphatic heterocycles. The topological polar surface area (TPSA) is 113 Å². The van der Waals surface area contributed by atoms with Crippen LogP contribution in [-0.4, -0.2) is 56.9 Å². The molecule has 0 saturated carbocycles. The summed E-state index contributed by atoms with van der Waals surface area (Å²) >= 11 is 0. The van der Waals surface area contributed by atoms with E-state index in [0.29, 0.717) is 24.3 Å². The number of benzene rings is 1. The molecule has 0 radical (unpaired) electrons. The lowest BCUT2D eigenvalue weighted by Gasteiger charge is -2.27. The Hall–Kier alpha value is -1.97. The van der Waals surface area contributed by atoms with E-state index in [2.05, 4.69) is 5.32 Å². The number of likely N-dealkylation sites (tertiary alicyclic amines) is 1. The van der Waals surface area contributed by atoms with Gasteiger partial charge in [-0.2, -0.15) is 0 Å². The van der Waals surface area contributed by atoms with Crippen molar-refractivity contribution < 1.29 is 18.0 Å². The largest absolute Gasteiger partial charge is 0.341 e. The van der Waals surface area contributed by atoms with Gasteiger partial charge in [0.05, 0.1) is 10.8 Å². The van der Waals surface area contributed by atoms with Gasteiger partial charge in [-0.25, -0.2) is 13.6 Å². The zero-order valence-corrected chi connectivity index (χ0v) is 15.8. The van der Waals surface area contributed by atoms with Crippen molar-refractivity contribution >= 4 is 27.5 Å². The monoisotopic (exact) mass is 392 g/mol. The van der Waals surface area contributed by atoms with Gasteiger partial charge >= 0.3 is 0 Å². The van der Waals surface area contributed by atoms with Crippen LogP contribution in [0, 0.1) is 5.92 Å². The van der Waals surface area contributed by atoms with Crippen LogP contribution in [0.2, 0.25) is 0 Å². The van der Waals surface area contributed by atoms with Crippen molar-refractivity contribution in [2.75, 3.05) is 24.5 Å². The second-order valence-electron chi connectivity index (χ2n) is 7.66. The molecular weight excluding hydrogens is 368 g/mol. The Morgan fingerprint density at radius 2 is 1.93 bits per heavy atom. The average Bonchev–Trinajstić information content (AvgIpc) is 3.16. The van der Waals surface area contributed by atoms with Crippen LogP contribution in [0.15, 0.2) is 29.2 Å². The number of fused-ring (bicyclic) bond motifs is 2. The van der Waals surface area contributed by atoms with Crippen molar-refractivity contribution in [1.29, 1.82) is 0 Å². The first-order valence-electron chi connectivity index (χ1n) is 9.29. The summed E-state index contributed by atoms with van der Waals surface area (Å²) in [5.41, 5.74) is 0.457. The fourth-order valence-corrected chi connectivity index (χ4v) is 4.91. The molecule has 3 N–H and O–H groups in total. The van der Waals surface area contributed by atoms with E-state index in [-0.39, 0.29) is 29.7 Å². The molecule has 8 nitrogen and oxygen atoms in total. The lowest BCUT2D eigenvalue weighted by molar-refractivity contribution is -0.136. The van der Waals surface area contributed by atoms with Gasteiger partial charge in [0.15, 0.2) is 0 Å². The van der Waals surface area contributed by atoms with E-state index in [1.807, 2.05) is 4.90 Å². The first-order valence-corrected chi connectivity index (χ1v) is 10.8. The van der Waals surface area contributed by atoms with E-state index < -0.39 is 15.9 Å². The minimum Gasteiger partial charge on any atom is -0.341 e. The number of carbonyl (C=O) groups is 2. The van der Waals surface area contributed by atoms with Crippen molar-refractivity contribution in [1.82, 2.24) is 10.2 Å². The third-order valence-electron chi connectivity index (χ3n) is 5.77. The fourth-order valence-electron chi connectivity index (χ4n) is 4.35. The Kier molecular flexibility index (Phi) is 4.69. The number of nitrogens with zero attached hydrogens (tertiary/aromatic N) is 2. The summed E-state index contributed by atoms with van der Waals surface area (Å²) < 4.78 is 23.1. The molecule has 1 aromatic rings. The predicted molar refractivity (Wildman–Crippen MR) is 99.4 cm³/mol. The van der Waals surface area contributed by atoms with Crippen LogP contribution in [0.3, 0.4) is 0 Å². The third kappa shape index (κ3) is 3.71. The van der Waals surface area contributed by atoms with Crippen molar-refractivity contribution in [3.05, 3.63) is 24.3 Å². The Bertz CT molecular complexity index is 872. The van der Waals surface area contributed by atoms with Gasteiger partial charge in [0.2, 0.25) is 21.8 Å². The molecule has 0 spiro atoms. The average molecular weight is 392 g/mol. The van der Waals surface area contributed by atoms with E-state index in [9.17, 15) is 18.0 Å². The van der Waals surface area contributed by atoms with Crippen LogP contribution in [0.4, 0.5) is 5.69 Å². The summed E-state index contributed by atoms with van der Waals surface area (Å²) in [6, 6.07) is 6.83. The number of sulfonamides is 1. The highest BCUT2D eigenvalue weighted by atomic mass is 32.2. The fraction of sp³-hybridized carbons (Fsp3) is 0.556. The first kappa shape index (κ1) is 18.4. The summed E-state index contributed by atoms with van der Waals surface area (Å²) in [5, 5.41) is 8.73. The van der Waals surface area contributed by atoms with Gasteiger partial charge in [-0.3, -0.25) is 9.59 Å². The molecule has 3 unspecified atom stereocenters. The van der Waals surface area contributed by atoms with Gasteiger partial charge in [-0.15, -0.1) is 0 Å². The van der Waals surface area contributed by atoms with Gasteiger partial charge < -0.3 is 15.1 Å². The number of hydrogen-bond donors (Lipinski definition) is 2. The molecule has 3 atom stereocenters. The minimum atomic E-state index is -3.85. The van der Waals surface area contributed by atoms with Crippen molar-refractivity contribution in [3.8, 4) is 0 Å². The molecule has 3 aliphatic rings. The van der Waals surface area contributed by atoms with E-state index in [1.165, 1.54) is 23.5 Å².